The summed E-state index contributed by atoms with van der Waals surface area (Å²) in [6, 6.07) is 1.29. The van der Waals surface area contributed by atoms with Crippen LogP contribution < -0.4 is 9.64 Å². The zero-order valence-electron chi connectivity index (χ0n) is 18.5. The van der Waals surface area contributed by atoms with Gasteiger partial charge in [-0.25, -0.2) is 27.2 Å². The Hall–Kier alpha value is -2.82. The molecule has 2 aromatic rings. The summed E-state index contributed by atoms with van der Waals surface area (Å²) >= 11 is 0. The first kappa shape index (κ1) is 23.3. The summed E-state index contributed by atoms with van der Waals surface area (Å²) in [5, 5.41) is 0. The first-order chi connectivity index (χ1) is 15.7. The number of rotatable bonds is 6. The topological polar surface area (TPSA) is 92.7 Å². The maximum Gasteiger partial charge on any atom is 0.263 e. The third-order valence-corrected chi connectivity index (χ3v) is 7.25. The average molecular weight is 481 g/mol. The van der Waals surface area contributed by atoms with Crippen LogP contribution in [0, 0.1) is 11.6 Å². The van der Waals surface area contributed by atoms with Gasteiger partial charge in [0.05, 0.1) is 0 Å². The maximum atomic E-state index is 14.3. The SMILES string of the molecule is CCc1cnc(N2CCC(N3CCC(Oc4cc(F)c(S(C)(=O)=O)cc4F)C3=O)CC2)nc1. The Balaban J connectivity index is 1.37. The summed E-state index contributed by atoms with van der Waals surface area (Å²) in [5.41, 5.74) is 1.07. The molecule has 1 atom stereocenters. The molecule has 2 saturated heterocycles. The second kappa shape index (κ2) is 9.20. The highest BCUT2D eigenvalue weighted by atomic mass is 32.2. The van der Waals surface area contributed by atoms with Crippen LogP contribution in [0.15, 0.2) is 29.4 Å². The molecular weight excluding hydrogens is 454 g/mol. The molecule has 2 aliphatic heterocycles. The van der Waals surface area contributed by atoms with E-state index in [4.69, 9.17) is 4.74 Å². The fraction of sp³-hybridized carbons (Fsp3) is 0.500. The number of sulfone groups is 1. The lowest BCUT2D eigenvalue weighted by Gasteiger charge is -2.36. The number of piperidine rings is 1. The van der Waals surface area contributed by atoms with Crippen LogP contribution in [0.25, 0.3) is 0 Å². The number of benzene rings is 1. The third-order valence-electron chi connectivity index (χ3n) is 6.13. The lowest BCUT2D eigenvalue weighted by Crippen LogP contribution is -2.47. The molecule has 0 saturated carbocycles. The second-order valence-corrected chi connectivity index (χ2v) is 10.4. The number of aryl methyl sites for hydroxylation is 1. The van der Waals surface area contributed by atoms with Gasteiger partial charge in [0, 0.05) is 56.8 Å². The Bertz CT molecular complexity index is 1140. The van der Waals surface area contributed by atoms with Crippen molar-refractivity contribution >= 4 is 21.7 Å². The van der Waals surface area contributed by atoms with Crippen molar-refractivity contribution in [2.24, 2.45) is 0 Å². The molecule has 11 heteroatoms. The number of halogens is 2. The quantitative estimate of drug-likeness (QED) is 0.627. The van der Waals surface area contributed by atoms with Gasteiger partial charge in [0.15, 0.2) is 27.5 Å². The molecule has 3 heterocycles. The molecule has 1 amide bonds. The van der Waals surface area contributed by atoms with E-state index < -0.39 is 38.2 Å². The summed E-state index contributed by atoms with van der Waals surface area (Å²) in [5.74, 6) is -2.20. The Morgan fingerprint density at radius 1 is 1.06 bits per heavy atom. The van der Waals surface area contributed by atoms with Gasteiger partial charge >= 0.3 is 0 Å². The summed E-state index contributed by atoms with van der Waals surface area (Å²) < 4.78 is 57.1. The van der Waals surface area contributed by atoms with Gasteiger partial charge in [-0.15, -0.1) is 0 Å². The van der Waals surface area contributed by atoms with Crippen molar-refractivity contribution in [2.75, 3.05) is 30.8 Å². The number of anilines is 1. The molecule has 0 bridgehead atoms. The number of hydrogen-bond donors (Lipinski definition) is 0. The first-order valence-corrected chi connectivity index (χ1v) is 12.8. The van der Waals surface area contributed by atoms with Crippen LogP contribution >= 0.6 is 0 Å². The third kappa shape index (κ3) is 4.92. The van der Waals surface area contributed by atoms with Gasteiger partial charge in [-0.1, -0.05) is 6.92 Å². The van der Waals surface area contributed by atoms with E-state index in [1.54, 1.807) is 4.90 Å². The molecule has 0 aliphatic carbocycles. The number of likely N-dealkylation sites (tertiary alicyclic amines) is 1. The smallest absolute Gasteiger partial charge is 0.263 e. The van der Waals surface area contributed by atoms with Crippen LogP contribution in [0.3, 0.4) is 0 Å². The summed E-state index contributed by atoms with van der Waals surface area (Å²) in [6.45, 7) is 3.92. The van der Waals surface area contributed by atoms with Crippen LogP contribution in [0.1, 0.15) is 31.7 Å². The lowest BCUT2D eigenvalue weighted by atomic mass is 10.0. The van der Waals surface area contributed by atoms with E-state index in [1.165, 1.54) is 0 Å². The van der Waals surface area contributed by atoms with Crippen LogP contribution in [-0.4, -0.2) is 67.2 Å². The van der Waals surface area contributed by atoms with Gasteiger partial charge in [0.2, 0.25) is 5.95 Å². The molecule has 1 aromatic heterocycles. The molecule has 4 rings (SSSR count). The van der Waals surface area contributed by atoms with Crippen molar-refractivity contribution in [3.05, 3.63) is 41.7 Å². The number of nitrogens with zero attached hydrogens (tertiary/aromatic N) is 4. The second-order valence-electron chi connectivity index (χ2n) is 8.38. The predicted molar refractivity (Wildman–Crippen MR) is 117 cm³/mol. The summed E-state index contributed by atoms with van der Waals surface area (Å²) in [7, 11) is -3.92. The fourth-order valence-corrected chi connectivity index (χ4v) is 4.99. The number of aromatic nitrogens is 2. The molecule has 2 fully saturated rings. The highest BCUT2D eigenvalue weighted by molar-refractivity contribution is 7.90. The first-order valence-electron chi connectivity index (χ1n) is 10.9. The van der Waals surface area contributed by atoms with Gasteiger partial charge in [-0.05, 0) is 30.9 Å². The molecule has 0 N–H and O–H groups in total. The highest BCUT2D eigenvalue weighted by Gasteiger charge is 2.39. The van der Waals surface area contributed by atoms with Crippen LogP contribution in [0.2, 0.25) is 0 Å². The molecule has 1 aromatic carbocycles. The molecule has 0 radical (unpaired) electrons. The Morgan fingerprint density at radius 2 is 1.73 bits per heavy atom. The van der Waals surface area contributed by atoms with Crippen LogP contribution in [0.4, 0.5) is 14.7 Å². The van der Waals surface area contributed by atoms with E-state index in [1.807, 2.05) is 19.3 Å². The zero-order chi connectivity index (χ0) is 23.8. The van der Waals surface area contributed by atoms with Gasteiger partial charge in [0.1, 0.15) is 10.7 Å². The standard InChI is InChI=1S/C22H26F2N4O4S/c1-3-14-12-25-22(26-13-14)27-7-4-15(5-8-27)28-9-6-18(21(28)29)32-19-10-17(24)20(11-16(19)23)33(2,30)31/h10-13,15,18H,3-9H2,1-2H3. The summed E-state index contributed by atoms with van der Waals surface area (Å²) in [4.78, 5) is 24.8. The Kier molecular flexibility index (Phi) is 6.51. The minimum atomic E-state index is -3.92. The van der Waals surface area contributed by atoms with Crippen molar-refractivity contribution in [3.63, 3.8) is 0 Å². The molecule has 1 unspecified atom stereocenters. The summed E-state index contributed by atoms with van der Waals surface area (Å²) in [6.07, 6.45) is 6.20. The maximum absolute atomic E-state index is 14.3. The lowest BCUT2D eigenvalue weighted by molar-refractivity contribution is -0.135. The highest BCUT2D eigenvalue weighted by Crippen LogP contribution is 2.29. The van der Waals surface area contributed by atoms with Crippen molar-refractivity contribution in [3.8, 4) is 5.75 Å². The van der Waals surface area contributed by atoms with Gasteiger partial charge in [0.25, 0.3) is 5.91 Å². The normalized spacial score (nSPS) is 19.9. The molecule has 0 spiro atoms. The van der Waals surface area contributed by atoms with Gasteiger partial charge in [-0.2, -0.15) is 0 Å². The molecule has 33 heavy (non-hydrogen) atoms. The molecule has 178 valence electrons. The Labute approximate surface area is 191 Å². The van der Waals surface area contributed by atoms with E-state index in [-0.39, 0.29) is 11.9 Å². The van der Waals surface area contributed by atoms with E-state index in [2.05, 4.69) is 14.9 Å². The zero-order valence-corrected chi connectivity index (χ0v) is 19.3. The predicted octanol–water partition coefficient (Wildman–Crippen LogP) is 2.37. The molecular formula is C22H26F2N4O4S. The van der Waals surface area contributed by atoms with Crippen molar-refractivity contribution < 1.29 is 26.7 Å². The van der Waals surface area contributed by atoms with Crippen LogP contribution in [-0.2, 0) is 21.1 Å². The van der Waals surface area contributed by atoms with Crippen molar-refractivity contribution in [1.82, 2.24) is 14.9 Å². The number of amides is 1. The minimum absolute atomic E-state index is 0.0199. The fourth-order valence-electron chi connectivity index (χ4n) is 4.26. The number of carbonyl (C=O) groups excluding carboxylic acids is 1. The van der Waals surface area contributed by atoms with Gasteiger partial charge < -0.3 is 14.5 Å². The Morgan fingerprint density at radius 3 is 2.33 bits per heavy atom. The van der Waals surface area contributed by atoms with E-state index in [0.29, 0.717) is 44.1 Å². The number of ether oxygens (including phenoxy) is 1. The molecule has 8 nitrogen and oxygen atoms in total. The van der Waals surface area contributed by atoms with E-state index in [0.717, 1.165) is 31.1 Å². The van der Waals surface area contributed by atoms with Crippen LogP contribution in [0.5, 0.6) is 5.75 Å². The minimum Gasteiger partial charge on any atom is -0.477 e. The number of hydrogen-bond acceptors (Lipinski definition) is 7. The average Bonchev–Trinajstić information content (AvgIpc) is 3.15. The number of carbonyl (C=O) groups is 1. The van der Waals surface area contributed by atoms with E-state index >= 15 is 0 Å². The van der Waals surface area contributed by atoms with E-state index in [9.17, 15) is 22.0 Å². The largest absolute Gasteiger partial charge is 0.477 e. The monoisotopic (exact) mass is 480 g/mol. The van der Waals surface area contributed by atoms with Gasteiger partial charge in [-0.3, -0.25) is 4.79 Å². The molecule has 2 aliphatic rings. The van der Waals surface area contributed by atoms with Crippen molar-refractivity contribution in [1.29, 1.82) is 0 Å². The van der Waals surface area contributed by atoms with Crippen molar-refractivity contribution in [2.45, 2.75) is 49.6 Å².